The maximum atomic E-state index is 6.12. The van der Waals surface area contributed by atoms with Gasteiger partial charge in [-0.25, -0.2) is 0 Å². The fraction of sp³-hybridized carbons (Fsp3) is 0.222. The van der Waals surface area contributed by atoms with Gasteiger partial charge in [0.2, 0.25) is 0 Å². The average molecular weight is 479 g/mol. The van der Waals surface area contributed by atoms with Gasteiger partial charge in [-0.2, -0.15) is 5.10 Å². The van der Waals surface area contributed by atoms with Gasteiger partial charge in [0.25, 0.3) is 0 Å². The summed E-state index contributed by atoms with van der Waals surface area (Å²) in [4.78, 5) is 0. The van der Waals surface area contributed by atoms with Crippen LogP contribution < -0.4 is 24.0 Å². The zero-order valence-electron chi connectivity index (χ0n) is 19.6. The van der Waals surface area contributed by atoms with Crippen molar-refractivity contribution in [2.75, 3.05) is 33.4 Å². The first-order valence-corrected chi connectivity index (χ1v) is 11.2. The number of halogens is 1. The first kappa shape index (κ1) is 23.5. The molecule has 1 atom stereocenters. The Morgan fingerprint density at radius 1 is 0.765 bits per heavy atom. The normalized spacial score (nSPS) is 15.4. The van der Waals surface area contributed by atoms with Gasteiger partial charge in [0.15, 0.2) is 23.0 Å². The lowest BCUT2D eigenvalue weighted by Crippen LogP contribution is -2.18. The Bertz CT molecular complexity index is 1210. The molecule has 3 aromatic rings. The lowest BCUT2D eigenvalue weighted by molar-refractivity contribution is 0.354. The van der Waals surface area contributed by atoms with Gasteiger partial charge in [-0.1, -0.05) is 29.8 Å². The van der Waals surface area contributed by atoms with Crippen molar-refractivity contribution in [3.8, 4) is 23.0 Å². The molecule has 0 bridgehead atoms. The number of hydrazone groups is 1. The van der Waals surface area contributed by atoms with Crippen molar-refractivity contribution in [1.29, 1.82) is 0 Å². The topological polar surface area (TPSA) is 52.5 Å². The summed E-state index contributed by atoms with van der Waals surface area (Å²) < 4.78 is 21.7. The van der Waals surface area contributed by atoms with E-state index in [0.29, 0.717) is 28.0 Å². The highest BCUT2D eigenvalue weighted by atomic mass is 35.5. The molecule has 0 fully saturated rings. The van der Waals surface area contributed by atoms with Crippen LogP contribution in [0.15, 0.2) is 71.8 Å². The second kappa shape index (κ2) is 10.5. The van der Waals surface area contributed by atoms with E-state index in [-0.39, 0.29) is 6.04 Å². The fourth-order valence-electron chi connectivity index (χ4n) is 3.93. The van der Waals surface area contributed by atoms with Crippen LogP contribution >= 0.6 is 11.6 Å². The monoisotopic (exact) mass is 478 g/mol. The first-order valence-electron chi connectivity index (χ1n) is 10.8. The van der Waals surface area contributed by atoms with Crippen molar-refractivity contribution >= 4 is 29.1 Å². The molecule has 1 heterocycles. The molecule has 0 saturated heterocycles. The summed E-state index contributed by atoms with van der Waals surface area (Å²) in [5, 5.41) is 7.63. The fourth-order valence-corrected chi connectivity index (χ4v) is 4.06. The van der Waals surface area contributed by atoms with Crippen LogP contribution in [0.5, 0.6) is 23.0 Å². The van der Waals surface area contributed by atoms with Crippen LogP contribution in [0.25, 0.3) is 6.08 Å². The molecule has 6 nitrogen and oxygen atoms in total. The van der Waals surface area contributed by atoms with Gasteiger partial charge in [-0.3, -0.25) is 5.01 Å². The molecule has 0 amide bonds. The van der Waals surface area contributed by atoms with E-state index < -0.39 is 0 Å². The van der Waals surface area contributed by atoms with Crippen LogP contribution in [-0.4, -0.2) is 34.2 Å². The predicted molar refractivity (Wildman–Crippen MR) is 137 cm³/mol. The quantitative estimate of drug-likeness (QED) is 0.375. The van der Waals surface area contributed by atoms with Crippen LogP contribution in [-0.2, 0) is 0 Å². The van der Waals surface area contributed by atoms with E-state index >= 15 is 0 Å². The zero-order valence-corrected chi connectivity index (χ0v) is 20.4. The lowest BCUT2D eigenvalue weighted by atomic mass is 10.00. The third kappa shape index (κ3) is 4.97. The number of rotatable bonds is 8. The number of benzene rings is 3. The van der Waals surface area contributed by atoms with E-state index in [1.54, 1.807) is 28.4 Å². The summed E-state index contributed by atoms with van der Waals surface area (Å²) >= 11 is 6.12. The van der Waals surface area contributed by atoms with Crippen LogP contribution in [0.3, 0.4) is 0 Å². The van der Waals surface area contributed by atoms with E-state index in [1.807, 2.05) is 77.8 Å². The highest BCUT2D eigenvalue weighted by Crippen LogP contribution is 2.39. The molecule has 7 heteroatoms. The molecule has 1 unspecified atom stereocenters. The van der Waals surface area contributed by atoms with Gasteiger partial charge >= 0.3 is 0 Å². The molecule has 0 radical (unpaired) electrons. The molecule has 0 N–H and O–H groups in total. The highest BCUT2D eigenvalue weighted by Gasteiger charge is 2.29. The second-order valence-electron chi connectivity index (χ2n) is 7.69. The van der Waals surface area contributed by atoms with Gasteiger partial charge in [0.1, 0.15) is 0 Å². The minimum Gasteiger partial charge on any atom is -0.493 e. The van der Waals surface area contributed by atoms with E-state index in [4.69, 9.17) is 35.6 Å². The average Bonchev–Trinajstić information content (AvgIpc) is 3.31. The Hall–Kier alpha value is -3.64. The van der Waals surface area contributed by atoms with Crippen LogP contribution in [0, 0.1) is 0 Å². The number of anilines is 1. The van der Waals surface area contributed by atoms with Crippen molar-refractivity contribution in [1.82, 2.24) is 0 Å². The van der Waals surface area contributed by atoms with E-state index in [2.05, 4.69) is 0 Å². The number of allylic oxidation sites excluding steroid dienone is 1. The summed E-state index contributed by atoms with van der Waals surface area (Å²) in [5.41, 5.74) is 3.97. The number of nitrogens with zero attached hydrogens (tertiary/aromatic N) is 2. The third-order valence-corrected chi connectivity index (χ3v) is 5.95. The summed E-state index contributed by atoms with van der Waals surface area (Å²) in [6.07, 6.45) is 4.78. The molecular formula is C27H27ClN2O4. The Balaban J connectivity index is 1.66. The maximum absolute atomic E-state index is 6.12. The Morgan fingerprint density at radius 3 is 2.03 bits per heavy atom. The molecule has 1 aliphatic heterocycles. The summed E-state index contributed by atoms with van der Waals surface area (Å²) in [5.74, 6) is 2.76. The van der Waals surface area contributed by atoms with Crippen LogP contribution in [0.1, 0.15) is 23.6 Å². The molecular weight excluding hydrogens is 452 g/mol. The Morgan fingerprint density at radius 2 is 1.38 bits per heavy atom. The van der Waals surface area contributed by atoms with Gasteiger partial charge < -0.3 is 18.9 Å². The predicted octanol–water partition coefficient (Wildman–Crippen LogP) is 6.40. The third-order valence-electron chi connectivity index (χ3n) is 5.69. The Kier molecular flexibility index (Phi) is 7.28. The smallest absolute Gasteiger partial charge is 0.161 e. The highest BCUT2D eigenvalue weighted by molar-refractivity contribution is 6.30. The summed E-state index contributed by atoms with van der Waals surface area (Å²) in [7, 11) is 6.53. The van der Waals surface area contributed by atoms with Gasteiger partial charge in [0, 0.05) is 11.4 Å². The van der Waals surface area contributed by atoms with Crippen LogP contribution in [0.2, 0.25) is 5.02 Å². The van der Waals surface area contributed by atoms with Gasteiger partial charge in [-0.05, 0) is 65.7 Å². The number of methoxy groups -OCH3 is 4. The van der Waals surface area contributed by atoms with Crippen molar-refractivity contribution in [3.63, 3.8) is 0 Å². The van der Waals surface area contributed by atoms with Crippen molar-refractivity contribution in [2.45, 2.75) is 12.5 Å². The molecule has 4 rings (SSSR count). The summed E-state index contributed by atoms with van der Waals surface area (Å²) in [6, 6.07) is 19.5. The molecule has 0 aliphatic carbocycles. The Labute approximate surface area is 205 Å². The van der Waals surface area contributed by atoms with Gasteiger partial charge in [0.05, 0.1) is 45.9 Å². The van der Waals surface area contributed by atoms with Crippen molar-refractivity contribution in [2.24, 2.45) is 5.10 Å². The number of ether oxygens (including phenoxy) is 4. The van der Waals surface area contributed by atoms with Crippen molar-refractivity contribution < 1.29 is 18.9 Å². The number of hydrogen-bond acceptors (Lipinski definition) is 6. The van der Waals surface area contributed by atoms with E-state index in [9.17, 15) is 0 Å². The molecule has 0 saturated carbocycles. The van der Waals surface area contributed by atoms with E-state index in [1.165, 1.54) is 0 Å². The molecule has 176 valence electrons. The van der Waals surface area contributed by atoms with Crippen LogP contribution in [0.4, 0.5) is 5.69 Å². The van der Waals surface area contributed by atoms with Crippen molar-refractivity contribution in [3.05, 3.63) is 82.9 Å². The minimum absolute atomic E-state index is 0.00830. The lowest BCUT2D eigenvalue weighted by Gasteiger charge is -2.24. The minimum atomic E-state index is -0.00830. The van der Waals surface area contributed by atoms with E-state index in [0.717, 1.165) is 28.9 Å². The zero-order chi connectivity index (χ0) is 24.1. The van der Waals surface area contributed by atoms with Gasteiger partial charge in [-0.15, -0.1) is 0 Å². The second-order valence-corrected chi connectivity index (χ2v) is 8.13. The SMILES string of the molecule is COc1ccc(/C=C/C2=NN(c3ccc(Cl)cc3)C(c3ccc(OC)c(OC)c3)C2)cc1OC. The summed E-state index contributed by atoms with van der Waals surface area (Å²) in [6.45, 7) is 0. The largest absolute Gasteiger partial charge is 0.493 e. The first-order chi connectivity index (χ1) is 16.6. The molecule has 34 heavy (non-hydrogen) atoms. The maximum Gasteiger partial charge on any atom is 0.161 e. The molecule has 3 aromatic carbocycles. The number of hydrogen-bond donors (Lipinski definition) is 0. The standard InChI is InChI=1S/C27H27ClN2O4/c1-31-24-13-6-18(15-26(24)33-3)5-10-21-17-23(19-7-14-25(32-2)27(16-19)34-4)30(29-21)22-11-8-20(28)9-12-22/h5-16,23H,17H2,1-4H3/b10-5+. The molecule has 0 spiro atoms. The molecule has 1 aliphatic rings. The molecule has 0 aromatic heterocycles.